The van der Waals surface area contributed by atoms with Gasteiger partial charge in [0.25, 0.3) is 5.91 Å². The molecule has 1 aromatic rings. The fourth-order valence-electron chi connectivity index (χ4n) is 2.35. The van der Waals surface area contributed by atoms with Crippen LogP contribution in [0.1, 0.15) is 31.4 Å². The molecule has 2 rings (SSSR count). The molecule has 4 heteroatoms. The minimum atomic E-state index is -0.364. The number of carbonyl (C=O) groups excluding carboxylic acids is 2. The van der Waals surface area contributed by atoms with Crippen LogP contribution in [-0.2, 0) is 11.3 Å². The van der Waals surface area contributed by atoms with Crippen LogP contribution in [0.4, 0.5) is 4.79 Å². The number of amides is 3. The van der Waals surface area contributed by atoms with Gasteiger partial charge in [0.05, 0.1) is 6.54 Å². The highest BCUT2D eigenvalue weighted by Crippen LogP contribution is 2.17. The number of carbonyl (C=O) groups is 2. The molecule has 19 heavy (non-hydrogen) atoms. The Morgan fingerprint density at radius 2 is 2.05 bits per heavy atom. The molecule has 0 radical (unpaired) electrons. The lowest BCUT2D eigenvalue weighted by Gasteiger charge is -2.14. The molecule has 1 N–H and O–H groups in total. The zero-order valence-corrected chi connectivity index (χ0v) is 11.6. The fraction of sp³-hybridized carbons (Fsp3) is 0.467. The van der Waals surface area contributed by atoms with Crippen LogP contribution in [-0.4, -0.2) is 22.9 Å². The Morgan fingerprint density at radius 1 is 1.32 bits per heavy atom. The summed E-state index contributed by atoms with van der Waals surface area (Å²) in [6.45, 7) is 6.43. The van der Waals surface area contributed by atoms with Crippen LogP contribution in [0.15, 0.2) is 24.3 Å². The Morgan fingerprint density at radius 3 is 2.68 bits per heavy atom. The van der Waals surface area contributed by atoms with Gasteiger partial charge in [0.15, 0.2) is 0 Å². The molecule has 1 aromatic carbocycles. The molecule has 1 aliphatic rings. The summed E-state index contributed by atoms with van der Waals surface area (Å²) in [5, 5.41) is 2.76. The second kappa shape index (κ2) is 5.43. The van der Waals surface area contributed by atoms with E-state index < -0.39 is 0 Å². The molecule has 1 saturated heterocycles. The van der Waals surface area contributed by atoms with Gasteiger partial charge in [-0.05, 0) is 24.8 Å². The van der Waals surface area contributed by atoms with E-state index in [2.05, 4.69) is 5.32 Å². The normalized spacial score (nSPS) is 19.2. The minimum absolute atomic E-state index is 0.111. The average Bonchev–Trinajstić information content (AvgIpc) is 2.56. The van der Waals surface area contributed by atoms with Crippen LogP contribution >= 0.6 is 0 Å². The third kappa shape index (κ3) is 3.13. The van der Waals surface area contributed by atoms with Crippen molar-refractivity contribution in [3.05, 3.63) is 35.4 Å². The molecule has 0 aliphatic carbocycles. The van der Waals surface area contributed by atoms with E-state index >= 15 is 0 Å². The van der Waals surface area contributed by atoms with Crippen molar-refractivity contribution in [3.8, 4) is 0 Å². The summed E-state index contributed by atoms with van der Waals surface area (Å²) in [6.07, 6.45) is 0.689. The van der Waals surface area contributed by atoms with Crippen molar-refractivity contribution in [3.63, 3.8) is 0 Å². The first-order chi connectivity index (χ1) is 8.97. The Hall–Kier alpha value is -1.84. The lowest BCUT2D eigenvalue weighted by atomic mass is 10.0. The molecule has 1 fully saturated rings. The third-order valence-electron chi connectivity index (χ3n) is 3.24. The molecule has 3 amide bonds. The van der Waals surface area contributed by atoms with Crippen LogP contribution in [0.3, 0.4) is 0 Å². The summed E-state index contributed by atoms with van der Waals surface area (Å²) >= 11 is 0. The number of rotatable bonds is 4. The Labute approximate surface area is 113 Å². The SMILES string of the molecule is Cc1cccc(CN2C(=O)NC(CC(C)C)C2=O)c1. The predicted molar refractivity (Wildman–Crippen MR) is 73.5 cm³/mol. The van der Waals surface area contributed by atoms with Gasteiger partial charge in [-0.25, -0.2) is 4.79 Å². The van der Waals surface area contributed by atoms with Gasteiger partial charge in [-0.15, -0.1) is 0 Å². The molecule has 4 nitrogen and oxygen atoms in total. The van der Waals surface area contributed by atoms with Gasteiger partial charge in [0.2, 0.25) is 0 Å². The largest absolute Gasteiger partial charge is 0.326 e. The first-order valence-corrected chi connectivity index (χ1v) is 6.65. The number of nitrogens with one attached hydrogen (secondary N) is 1. The molecule has 0 aromatic heterocycles. The molecule has 1 heterocycles. The second-order valence-corrected chi connectivity index (χ2v) is 5.55. The standard InChI is InChI=1S/C15H20N2O2/c1-10(2)7-13-14(18)17(15(19)16-13)9-12-6-4-5-11(3)8-12/h4-6,8,10,13H,7,9H2,1-3H3,(H,16,19). The van der Waals surface area contributed by atoms with Crippen molar-refractivity contribution in [2.24, 2.45) is 5.92 Å². The van der Waals surface area contributed by atoms with Gasteiger partial charge in [-0.1, -0.05) is 43.7 Å². The maximum atomic E-state index is 12.2. The molecule has 102 valence electrons. The Kier molecular flexibility index (Phi) is 3.88. The number of urea groups is 1. The summed E-state index contributed by atoms with van der Waals surface area (Å²) in [5.41, 5.74) is 2.11. The molecule has 0 saturated carbocycles. The van der Waals surface area contributed by atoms with Gasteiger partial charge in [0.1, 0.15) is 6.04 Å². The van der Waals surface area contributed by atoms with E-state index in [1.54, 1.807) is 0 Å². The van der Waals surface area contributed by atoms with Crippen LogP contribution in [0.2, 0.25) is 0 Å². The summed E-state index contributed by atoms with van der Waals surface area (Å²) in [6, 6.07) is 7.22. The Balaban J connectivity index is 2.08. The third-order valence-corrected chi connectivity index (χ3v) is 3.24. The van der Waals surface area contributed by atoms with E-state index in [4.69, 9.17) is 0 Å². The molecule has 1 unspecified atom stereocenters. The summed E-state index contributed by atoms with van der Waals surface area (Å²) in [7, 11) is 0. The number of nitrogens with zero attached hydrogens (tertiary/aromatic N) is 1. The van der Waals surface area contributed by atoms with Crippen molar-refractivity contribution in [1.29, 1.82) is 0 Å². The maximum Gasteiger partial charge on any atom is 0.325 e. The quantitative estimate of drug-likeness (QED) is 0.845. The van der Waals surface area contributed by atoms with Gasteiger partial charge in [-0.2, -0.15) is 0 Å². The van der Waals surface area contributed by atoms with Crippen molar-refractivity contribution in [2.45, 2.75) is 39.8 Å². The van der Waals surface area contributed by atoms with Crippen molar-refractivity contribution < 1.29 is 9.59 Å². The topological polar surface area (TPSA) is 49.4 Å². The van der Waals surface area contributed by atoms with Crippen LogP contribution in [0, 0.1) is 12.8 Å². The summed E-state index contributed by atoms with van der Waals surface area (Å²) in [5.74, 6) is 0.272. The average molecular weight is 260 g/mol. The summed E-state index contributed by atoms with van der Waals surface area (Å²) < 4.78 is 0. The predicted octanol–water partition coefficient (Wildman–Crippen LogP) is 2.46. The van der Waals surface area contributed by atoms with Gasteiger partial charge in [-0.3, -0.25) is 9.69 Å². The van der Waals surface area contributed by atoms with E-state index in [0.29, 0.717) is 18.9 Å². The monoisotopic (exact) mass is 260 g/mol. The van der Waals surface area contributed by atoms with Crippen molar-refractivity contribution in [1.82, 2.24) is 10.2 Å². The van der Waals surface area contributed by atoms with Gasteiger partial charge < -0.3 is 5.32 Å². The van der Waals surface area contributed by atoms with Crippen LogP contribution in [0.25, 0.3) is 0 Å². The van der Waals surface area contributed by atoms with E-state index in [1.165, 1.54) is 4.90 Å². The molecule has 0 bridgehead atoms. The lowest BCUT2D eigenvalue weighted by molar-refractivity contribution is -0.128. The number of benzene rings is 1. The summed E-state index contributed by atoms with van der Waals surface area (Å²) in [4.78, 5) is 25.4. The second-order valence-electron chi connectivity index (χ2n) is 5.55. The molecule has 1 atom stereocenters. The number of hydrogen-bond donors (Lipinski definition) is 1. The highest BCUT2D eigenvalue weighted by Gasteiger charge is 2.37. The molecule has 0 spiro atoms. The van der Waals surface area contributed by atoms with E-state index in [0.717, 1.165) is 11.1 Å². The van der Waals surface area contributed by atoms with Crippen LogP contribution in [0.5, 0.6) is 0 Å². The zero-order chi connectivity index (χ0) is 14.0. The minimum Gasteiger partial charge on any atom is -0.326 e. The molecule has 1 aliphatic heterocycles. The number of hydrogen-bond acceptors (Lipinski definition) is 2. The van der Waals surface area contributed by atoms with Gasteiger partial charge >= 0.3 is 6.03 Å². The lowest BCUT2D eigenvalue weighted by Crippen LogP contribution is -2.31. The Bertz CT molecular complexity index is 497. The first kappa shape index (κ1) is 13.6. The molecular weight excluding hydrogens is 240 g/mol. The van der Waals surface area contributed by atoms with E-state index in [-0.39, 0.29) is 18.0 Å². The van der Waals surface area contributed by atoms with Crippen LogP contribution < -0.4 is 5.32 Å². The maximum absolute atomic E-state index is 12.2. The smallest absolute Gasteiger partial charge is 0.325 e. The van der Waals surface area contributed by atoms with Crippen molar-refractivity contribution in [2.75, 3.05) is 0 Å². The van der Waals surface area contributed by atoms with Crippen molar-refractivity contribution >= 4 is 11.9 Å². The van der Waals surface area contributed by atoms with E-state index in [9.17, 15) is 9.59 Å². The highest BCUT2D eigenvalue weighted by atomic mass is 16.2. The zero-order valence-electron chi connectivity index (χ0n) is 11.6. The molecular formula is C15H20N2O2. The fourth-order valence-corrected chi connectivity index (χ4v) is 2.35. The highest BCUT2D eigenvalue weighted by molar-refractivity contribution is 6.04. The first-order valence-electron chi connectivity index (χ1n) is 6.65. The number of imide groups is 1. The number of aryl methyl sites for hydroxylation is 1. The van der Waals surface area contributed by atoms with E-state index in [1.807, 2.05) is 45.0 Å². The van der Waals surface area contributed by atoms with Gasteiger partial charge in [0, 0.05) is 0 Å².